The number of carbonyl (C=O) groups is 1. The minimum Gasteiger partial charge on any atom is -0.453 e. The highest BCUT2D eigenvalue weighted by Crippen LogP contribution is 2.57. The smallest absolute Gasteiger partial charge is 0.339 e. The summed E-state index contributed by atoms with van der Waals surface area (Å²) in [6.45, 7) is 6.06. The molecule has 2 aliphatic heterocycles. The number of ether oxygens (including phenoxy) is 1. The van der Waals surface area contributed by atoms with Crippen molar-refractivity contribution in [2.75, 3.05) is 5.88 Å². The van der Waals surface area contributed by atoms with E-state index in [4.69, 9.17) is 16.3 Å². The zero-order chi connectivity index (χ0) is 16.0. The van der Waals surface area contributed by atoms with Gasteiger partial charge in [-0.15, -0.1) is 11.6 Å². The Morgan fingerprint density at radius 3 is 2.95 bits per heavy atom. The molecule has 4 nitrogen and oxygen atoms in total. The van der Waals surface area contributed by atoms with Gasteiger partial charge in [-0.3, -0.25) is 0 Å². The molecule has 3 rings (SSSR count). The molecule has 122 valence electrons. The molecule has 5 atom stereocenters. The van der Waals surface area contributed by atoms with E-state index in [2.05, 4.69) is 18.0 Å². The molecular weight excluding hydrogens is 302 g/mol. The molecule has 2 N–H and O–H groups in total. The summed E-state index contributed by atoms with van der Waals surface area (Å²) < 4.78 is 5.65. The van der Waals surface area contributed by atoms with E-state index in [-0.39, 0.29) is 17.8 Å². The van der Waals surface area contributed by atoms with E-state index < -0.39 is 17.2 Å². The van der Waals surface area contributed by atoms with Crippen LogP contribution in [0.25, 0.3) is 0 Å². The Hall–Kier alpha value is -1.00. The summed E-state index contributed by atoms with van der Waals surface area (Å²) in [5, 5.41) is 14.3. The first-order valence-corrected chi connectivity index (χ1v) is 8.68. The van der Waals surface area contributed by atoms with Crippen LogP contribution in [-0.4, -0.2) is 34.2 Å². The lowest BCUT2D eigenvalue weighted by atomic mass is 9.62. The Labute approximate surface area is 136 Å². The van der Waals surface area contributed by atoms with Gasteiger partial charge in [0.15, 0.2) is 5.60 Å². The summed E-state index contributed by atoms with van der Waals surface area (Å²) in [7, 11) is 0. The van der Waals surface area contributed by atoms with Crippen molar-refractivity contribution in [3.05, 3.63) is 24.4 Å². The second kappa shape index (κ2) is 5.57. The summed E-state index contributed by atoms with van der Waals surface area (Å²) in [5.41, 5.74) is -1.03. The van der Waals surface area contributed by atoms with Gasteiger partial charge in [0, 0.05) is 23.4 Å². The lowest BCUT2D eigenvalue weighted by Gasteiger charge is -2.56. The number of fused-ring (bicyclic) bond motifs is 1. The van der Waals surface area contributed by atoms with Crippen LogP contribution in [0.4, 0.5) is 0 Å². The summed E-state index contributed by atoms with van der Waals surface area (Å²) in [4.78, 5) is 12.4. The van der Waals surface area contributed by atoms with Crippen LogP contribution in [0, 0.1) is 11.8 Å². The summed E-state index contributed by atoms with van der Waals surface area (Å²) >= 11 is 5.93. The van der Waals surface area contributed by atoms with E-state index in [1.54, 1.807) is 0 Å². The Morgan fingerprint density at radius 2 is 2.41 bits per heavy atom. The number of rotatable bonds is 5. The molecule has 22 heavy (non-hydrogen) atoms. The minimum atomic E-state index is -1.07. The Bertz CT molecular complexity index is 520. The molecule has 0 aromatic carbocycles. The van der Waals surface area contributed by atoms with Gasteiger partial charge in [0.2, 0.25) is 5.54 Å². The monoisotopic (exact) mass is 325 g/mol. The van der Waals surface area contributed by atoms with Gasteiger partial charge < -0.3 is 15.2 Å². The average molecular weight is 326 g/mol. The second-order valence-electron chi connectivity index (χ2n) is 6.59. The number of hydrogen-bond donors (Lipinski definition) is 2. The highest BCUT2D eigenvalue weighted by Gasteiger charge is 2.79. The molecule has 0 radical (unpaired) electrons. The maximum absolute atomic E-state index is 12.4. The molecule has 0 unspecified atom stereocenters. The molecule has 0 aromatic rings. The second-order valence-corrected chi connectivity index (χ2v) is 6.97. The number of allylic oxidation sites excluding steroid dienone is 1. The maximum atomic E-state index is 12.4. The topological polar surface area (TPSA) is 58.6 Å². The average Bonchev–Trinajstić information content (AvgIpc) is 2.73. The number of halogens is 1. The van der Waals surface area contributed by atoms with Crippen LogP contribution in [-0.2, 0) is 9.53 Å². The van der Waals surface area contributed by atoms with E-state index in [1.165, 1.54) is 0 Å². The molecule has 5 heteroatoms. The van der Waals surface area contributed by atoms with E-state index in [9.17, 15) is 9.90 Å². The van der Waals surface area contributed by atoms with Gasteiger partial charge in [-0.1, -0.05) is 25.7 Å². The normalized spacial score (nSPS) is 41.4. The molecule has 2 fully saturated rings. The first-order chi connectivity index (χ1) is 10.5. The summed E-state index contributed by atoms with van der Waals surface area (Å²) in [5.74, 6) is 0.0386. The number of esters is 1. The fourth-order valence-electron chi connectivity index (χ4n) is 4.56. The maximum Gasteiger partial charge on any atom is 0.339 e. The van der Waals surface area contributed by atoms with Crippen molar-refractivity contribution in [3.8, 4) is 0 Å². The number of carbonyl (C=O) groups excluding carboxylic acids is 1. The molecule has 1 aliphatic carbocycles. The van der Waals surface area contributed by atoms with Crippen molar-refractivity contribution >= 4 is 17.6 Å². The SMILES string of the molecule is C=C1N[C@@]2([C@@H](O)[C@@H]3C=CCCC3)C(=O)O[C@@]2(CC)[C@H]1CCCl. The first kappa shape index (κ1) is 15.9. The number of aliphatic hydroxyl groups is 1. The third-order valence-electron chi connectivity index (χ3n) is 5.67. The largest absolute Gasteiger partial charge is 0.453 e. The molecule has 3 aliphatic rings. The number of alkyl halides is 1. The fourth-order valence-corrected chi connectivity index (χ4v) is 4.78. The van der Waals surface area contributed by atoms with Crippen molar-refractivity contribution in [1.29, 1.82) is 0 Å². The lowest BCUT2D eigenvalue weighted by molar-refractivity contribution is -0.244. The molecule has 2 heterocycles. The van der Waals surface area contributed by atoms with Crippen LogP contribution < -0.4 is 5.32 Å². The van der Waals surface area contributed by atoms with Crippen molar-refractivity contribution in [2.24, 2.45) is 11.8 Å². The van der Waals surface area contributed by atoms with Gasteiger partial charge in [-0.05, 0) is 32.1 Å². The van der Waals surface area contributed by atoms with Crippen LogP contribution in [0.5, 0.6) is 0 Å². The van der Waals surface area contributed by atoms with E-state index in [0.29, 0.717) is 18.7 Å². The molecule has 2 saturated heterocycles. The van der Waals surface area contributed by atoms with Gasteiger partial charge in [0.25, 0.3) is 0 Å². The van der Waals surface area contributed by atoms with Crippen LogP contribution in [0.3, 0.4) is 0 Å². The van der Waals surface area contributed by atoms with Crippen molar-refractivity contribution < 1.29 is 14.6 Å². The van der Waals surface area contributed by atoms with E-state index >= 15 is 0 Å². The van der Waals surface area contributed by atoms with Gasteiger partial charge in [-0.2, -0.15) is 0 Å². The van der Waals surface area contributed by atoms with Crippen LogP contribution in [0.2, 0.25) is 0 Å². The summed E-state index contributed by atoms with van der Waals surface area (Å²) in [6.07, 6.45) is 7.61. The van der Waals surface area contributed by atoms with Gasteiger partial charge >= 0.3 is 5.97 Å². The zero-order valence-electron chi connectivity index (χ0n) is 13.0. The fraction of sp³-hybridized carbons (Fsp3) is 0.706. The minimum absolute atomic E-state index is 0.0254. The Kier molecular flexibility index (Phi) is 4.02. The van der Waals surface area contributed by atoms with Gasteiger partial charge in [-0.25, -0.2) is 4.79 Å². The predicted molar refractivity (Wildman–Crippen MR) is 85.4 cm³/mol. The third-order valence-corrected chi connectivity index (χ3v) is 5.89. The molecule has 0 saturated carbocycles. The molecule has 0 amide bonds. The number of aliphatic hydroxyl groups excluding tert-OH is 1. The highest BCUT2D eigenvalue weighted by molar-refractivity contribution is 6.17. The predicted octanol–water partition coefficient (Wildman–Crippen LogP) is 2.51. The quantitative estimate of drug-likeness (QED) is 0.463. The van der Waals surface area contributed by atoms with Crippen LogP contribution in [0.1, 0.15) is 39.0 Å². The first-order valence-electron chi connectivity index (χ1n) is 8.14. The van der Waals surface area contributed by atoms with E-state index in [0.717, 1.165) is 25.0 Å². The number of hydrogen-bond acceptors (Lipinski definition) is 4. The van der Waals surface area contributed by atoms with Gasteiger partial charge in [0.05, 0.1) is 6.10 Å². The molecule has 0 bridgehead atoms. The number of nitrogens with one attached hydrogen (secondary N) is 1. The molecular formula is C17H24ClNO3. The standard InChI is InChI=1S/C17H24ClNO3/c1-3-16-13(9-10-18)11(2)19-17(16,15(21)22-16)14(20)12-7-5-4-6-8-12/h5,7,12-14,19-20H,2-4,6,8-10H2,1H3/t12-,13+,14+,16+,17+/m1/s1. The van der Waals surface area contributed by atoms with Gasteiger partial charge in [0.1, 0.15) is 0 Å². The third kappa shape index (κ3) is 1.83. The van der Waals surface area contributed by atoms with Crippen molar-refractivity contribution in [2.45, 2.75) is 56.3 Å². The molecule has 0 spiro atoms. The van der Waals surface area contributed by atoms with Crippen LogP contribution >= 0.6 is 11.6 Å². The Morgan fingerprint density at radius 1 is 1.64 bits per heavy atom. The van der Waals surface area contributed by atoms with Crippen molar-refractivity contribution in [3.63, 3.8) is 0 Å². The zero-order valence-corrected chi connectivity index (χ0v) is 13.7. The lowest BCUT2D eigenvalue weighted by Crippen LogP contribution is -2.80. The highest BCUT2D eigenvalue weighted by atomic mass is 35.5. The Balaban J connectivity index is 1.98. The van der Waals surface area contributed by atoms with E-state index in [1.807, 2.05) is 13.0 Å². The summed E-state index contributed by atoms with van der Waals surface area (Å²) in [6, 6.07) is 0. The van der Waals surface area contributed by atoms with Crippen LogP contribution in [0.15, 0.2) is 24.4 Å². The molecule has 0 aromatic heterocycles. The van der Waals surface area contributed by atoms with Crippen molar-refractivity contribution in [1.82, 2.24) is 5.32 Å².